The molecule has 0 aliphatic heterocycles. The minimum absolute atomic E-state index is 1.03. The maximum absolute atomic E-state index is 12.6. The molecule has 0 aliphatic rings. The number of alkyl halides is 7. The minimum Gasteiger partial charge on any atom is -0.458 e. The van der Waals surface area contributed by atoms with Crippen molar-refractivity contribution in [3.63, 3.8) is 0 Å². The van der Waals surface area contributed by atoms with Crippen LogP contribution in [0.1, 0.15) is 6.92 Å². The van der Waals surface area contributed by atoms with Crippen LogP contribution in [0.4, 0.5) is 30.7 Å². The number of ether oxygens (including phenoxy) is 1. The SMILES string of the molecule is C#CC(C)C(=O)OCC(F)(F)C(F)(F)C(F)(F)F. The van der Waals surface area contributed by atoms with Gasteiger partial charge in [0, 0.05) is 0 Å². The average Bonchev–Trinajstić information content (AvgIpc) is 2.22. The summed E-state index contributed by atoms with van der Waals surface area (Å²) in [5.74, 6) is -13.0. The highest BCUT2D eigenvalue weighted by Crippen LogP contribution is 2.46. The van der Waals surface area contributed by atoms with Gasteiger partial charge in [-0.3, -0.25) is 4.79 Å². The van der Waals surface area contributed by atoms with Crippen molar-refractivity contribution in [3.8, 4) is 12.3 Å². The summed E-state index contributed by atoms with van der Waals surface area (Å²) in [5, 5.41) is 0. The van der Waals surface area contributed by atoms with Gasteiger partial charge in [-0.1, -0.05) is 5.92 Å². The van der Waals surface area contributed by atoms with E-state index in [4.69, 9.17) is 6.42 Å². The lowest BCUT2D eigenvalue weighted by atomic mass is 10.1. The molecule has 0 bridgehead atoms. The Morgan fingerprint density at radius 3 is 2.00 bits per heavy atom. The molecule has 0 radical (unpaired) electrons. The molecule has 0 aromatic rings. The molecule has 0 saturated carbocycles. The summed E-state index contributed by atoms with van der Waals surface area (Å²) in [7, 11) is 0. The van der Waals surface area contributed by atoms with Crippen molar-refractivity contribution in [1.82, 2.24) is 0 Å². The zero-order valence-corrected chi connectivity index (χ0v) is 8.82. The molecule has 0 fully saturated rings. The summed E-state index contributed by atoms with van der Waals surface area (Å²) in [6.45, 7) is -1.38. The van der Waals surface area contributed by atoms with Crippen LogP contribution < -0.4 is 0 Å². The van der Waals surface area contributed by atoms with Crippen LogP contribution in [-0.2, 0) is 9.53 Å². The van der Waals surface area contributed by atoms with Crippen molar-refractivity contribution >= 4 is 5.97 Å². The van der Waals surface area contributed by atoms with Crippen LogP contribution in [-0.4, -0.2) is 30.6 Å². The van der Waals surface area contributed by atoms with Crippen molar-refractivity contribution in [3.05, 3.63) is 0 Å². The summed E-state index contributed by atoms with van der Waals surface area (Å²) in [5.41, 5.74) is 0. The van der Waals surface area contributed by atoms with Crippen LogP contribution in [0.5, 0.6) is 0 Å². The van der Waals surface area contributed by atoms with E-state index in [1.165, 1.54) is 0 Å². The molecule has 2 nitrogen and oxygen atoms in total. The number of terminal acetylenes is 1. The van der Waals surface area contributed by atoms with Gasteiger partial charge in [-0.2, -0.15) is 30.7 Å². The number of hydrogen-bond acceptors (Lipinski definition) is 2. The zero-order valence-electron chi connectivity index (χ0n) is 8.82. The van der Waals surface area contributed by atoms with E-state index in [1.807, 2.05) is 0 Å². The molecule has 1 atom stereocenters. The lowest BCUT2D eigenvalue weighted by molar-refractivity contribution is -0.359. The standard InChI is InChI=1S/C9H7F7O2/c1-3-5(2)6(17)18-4-7(10,11)8(12,13)9(14,15)16/h1,5H,4H2,2H3. The summed E-state index contributed by atoms with van der Waals surface area (Å²) >= 11 is 0. The molecule has 0 aliphatic carbocycles. The number of esters is 1. The normalized spacial score (nSPS) is 14.8. The first-order valence-electron chi connectivity index (χ1n) is 4.32. The lowest BCUT2D eigenvalue weighted by Gasteiger charge is -2.27. The third-order valence-electron chi connectivity index (χ3n) is 1.81. The predicted molar refractivity (Wildman–Crippen MR) is 44.9 cm³/mol. The second kappa shape index (κ2) is 5.04. The monoisotopic (exact) mass is 280 g/mol. The van der Waals surface area contributed by atoms with E-state index in [2.05, 4.69) is 4.74 Å². The predicted octanol–water partition coefficient (Wildman–Crippen LogP) is 2.63. The van der Waals surface area contributed by atoms with Crippen molar-refractivity contribution in [2.24, 2.45) is 5.92 Å². The fourth-order valence-electron chi connectivity index (χ4n) is 0.653. The van der Waals surface area contributed by atoms with Crippen LogP contribution in [0.2, 0.25) is 0 Å². The maximum Gasteiger partial charge on any atom is 0.460 e. The molecule has 1 unspecified atom stereocenters. The van der Waals surface area contributed by atoms with E-state index >= 15 is 0 Å². The maximum atomic E-state index is 12.6. The third kappa shape index (κ3) is 3.27. The summed E-state index contributed by atoms with van der Waals surface area (Å²) in [6.07, 6.45) is -1.76. The van der Waals surface area contributed by atoms with Gasteiger partial charge in [0.1, 0.15) is 5.92 Å². The van der Waals surface area contributed by atoms with Gasteiger partial charge in [0.2, 0.25) is 0 Å². The minimum atomic E-state index is -6.46. The molecule has 0 heterocycles. The highest BCUT2D eigenvalue weighted by Gasteiger charge is 2.73. The van der Waals surface area contributed by atoms with Crippen LogP contribution in [0, 0.1) is 18.3 Å². The first kappa shape index (κ1) is 16.5. The van der Waals surface area contributed by atoms with Gasteiger partial charge in [0.25, 0.3) is 0 Å². The molecule has 9 heteroatoms. The second-order valence-electron chi connectivity index (χ2n) is 3.27. The molecular weight excluding hydrogens is 273 g/mol. The highest BCUT2D eigenvalue weighted by atomic mass is 19.4. The van der Waals surface area contributed by atoms with Crippen molar-refractivity contribution in [1.29, 1.82) is 0 Å². The molecule has 0 saturated heterocycles. The smallest absolute Gasteiger partial charge is 0.458 e. The Bertz CT molecular complexity index is 353. The fourth-order valence-corrected chi connectivity index (χ4v) is 0.653. The van der Waals surface area contributed by atoms with Crippen LogP contribution in [0.3, 0.4) is 0 Å². The van der Waals surface area contributed by atoms with Crippen molar-refractivity contribution in [2.45, 2.75) is 24.9 Å². The number of halogens is 7. The van der Waals surface area contributed by atoms with Gasteiger partial charge in [0.15, 0.2) is 6.61 Å². The van der Waals surface area contributed by atoms with Crippen molar-refractivity contribution < 1.29 is 40.3 Å². The molecule has 18 heavy (non-hydrogen) atoms. The van der Waals surface area contributed by atoms with E-state index in [0.717, 1.165) is 6.92 Å². The van der Waals surface area contributed by atoms with E-state index in [1.54, 1.807) is 5.92 Å². The van der Waals surface area contributed by atoms with Gasteiger partial charge >= 0.3 is 24.0 Å². The largest absolute Gasteiger partial charge is 0.460 e. The summed E-state index contributed by atoms with van der Waals surface area (Å²) in [6, 6.07) is 0. The number of carbonyl (C=O) groups excluding carboxylic acids is 1. The Morgan fingerprint density at radius 2 is 1.67 bits per heavy atom. The lowest BCUT2D eigenvalue weighted by Crippen LogP contribution is -2.54. The molecule has 0 spiro atoms. The second-order valence-corrected chi connectivity index (χ2v) is 3.27. The highest BCUT2D eigenvalue weighted by molar-refractivity contribution is 5.75. The van der Waals surface area contributed by atoms with Gasteiger partial charge in [-0.05, 0) is 6.92 Å². The molecule has 0 rings (SSSR count). The Morgan fingerprint density at radius 1 is 1.22 bits per heavy atom. The van der Waals surface area contributed by atoms with E-state index in [-0.39, 0.29) is 0 Å². The van der Waals surface area contributed by atoms with E-state index in [9.17, 15) is 35.5 Å². The van der Waals surface area contributed by atoms with E-state index < -0.39 is 36.5 Å². The molecule has 0 aromatic heterocycles. The van der Waals surface area contributed by atoms with Gasteiger partial charge in [-0.25, -0.2) is 0 Å². The Hall–Kier alpha value is -1.46. The summed E-state index contributed by atoms with van der Waals surface area (Å²) < 4.78 is 88.6. The van der Waals surface area contributed by atoms with Gasteiger partial charge < -0.3 is 4.74 Å². The molecule has 0 N–H and O–H groups in total. The Kier molecular flexibility index (Phi) is 4.63. The zero-order chi connectivity index (χ0) is 14.8. The molecule has 0 amide bonds. The van der Waals surface area contributed by atoms with Crippen molar-refractivity contribution in [2.75, 3.05) is 6.61 Å². The average molecular weight is 280 g/mol. The molecule has 104 valence electrons. The van der Waals surface area contributed by atoms with Gasteiger partial charge in [0.05, 0.1) is 0 Å². The van der Waals surface area contributed by atoms with Crippen LogP contribution >= 0.6 is 0 Å². The quantitative estimate of drug-likeness (QED) is 0.449. The molecule has 0 aromatic carbocycles. The van der Waals surface area contributed by atoms with Crippen LogP contribution in [0.15, 0.2) is 0 Å². The van der Waals surface area contributed by atoms with Crippen LogP contribution in [0.25, 0.3) is 0 Å². The number of hydrogen-bond donors (Lipinski definition) is 0. The molecular formula is C9H7F7O2. The third-order valence-corrected chi connectivity index (χ3v) is 1.81. The summed E-state index contributed by atoms with van der Waals surface area (Å²) in [4.78, 5) is 10.8. The number of rotatable bonds is 4. The first-order valence-corrected chi connectivity index (χ1v) is 4.32. The van der Waals surface area contributed by atoms with Gasteiger partial charge in [-0.15, -0.1) is 6.42 Å². The Balaban J connectivity index is 4.79. The topological polar surface area (TPSA) is 26.3 Å². The fraction of sp³-hybridized carbons (Fsp3) is 0.667. The Labute approximate surface area is 97.1 Å². The first-order chi connectivity index (χ1) is 7.87. The van der Waals surface area contributed by atoms with E-state index in [0.29, 0.717) is 0 Å². The number of carbonyl (C=O) groups is 1.